The minimum Gasteiger partial charge on any atom is -0.383 e. The number of hydrogen-bond donors (Lipinski definition) is 2. The van der Waals surface area contributed by atoms with Crippen LogP contribution in [0.3, 0.4) is 0 Å². The number of nitrogen functional groups attached to an aromatic ring is 1. The van der Waals surface area contributed by atoms with E-state index in [2.05, 4.69) is 24.1 Å². The number of nitrogens with zero attached hydrogens (tertiary/aromatic N) is 2. The first-order valence-electron chi connectivity index (χ1n) is 7.08. The number of fused-ring (bicyclic) bond motifs is 1. The van der Waals surface area contributed by atoms with Crippen LogP contribution in [0, 0.1) is 5.92 Å². The van der Waals surface area contributed by atoms with Gasteiger partial charge in [-0.3, -0.25) is 9.20 Å². The number of imidazole rings is 1. The van der Waals surface area contributed by atoms with Gasteiger partial charge in [0.25, 0.3) is 5.91 Å². The molecule has 0 radical (unpaired) electrons. The van der Waals surface area contributed by atoms with Crippen molar-refractivity contribution < 1.29 is 4.79 Å². The molecule has 0 aliphatic rings. The molecular weight excluding hydrogens is 288 g/mol. The van der Waals surface area contributed by atoms with E-state index < -0.39 is 0 Å². The average Bonchev–Trinajstić information content (AvgIpc) is 2.74. The van der Waals surface area contributed by atoms with Gasteiger partial charge >= 0.3 is 0 Å². The Balaban J connectivity index is 0.00000220. The lowest BCUT2D eigenvalue weighted by atomic mass is 10.0. The molecule has 6 heteroatoms. The summed E-state index contributed by atoms with van der Waals surface area (Å²) >= 11 is 0. The number of nitrogens with two attached hydrogens (primary N) is 1. The summed E-state index contributed by atoms with van der Waals surface area (Å²) in [6.45, 7) is 6.95. The van der Waals surface area contributed by atoms with E-state index in [-0.39, 0.29) is 18.3 Å². The molecule has 3 N–H and O–H groups in total. The maximum Gasteiger partial charge on any atom is 0.273 e. The van der Waals surface area contributed by atoms with Crippen molar-refractivity contribution >= 4 is 29.8 Å². The Labute approximate surface area is 131 Å². The van der Waals surface area contributed by atoms with Crippen LogP contribution >= 0.6 is 12.4 Å². The monoisotopic (exact) mass is 310 g/mol. The number of nitrogens with one attached hydrogen (secondary N) is 1. The van der Waals surface area contributed by atoms with Crippen molar-refractivity contribution in [1.82, 2.24) is 14.7 Å². The van der Waals surface area contributed by atoms with Gasteiger partial charge < -0.3 is 11.1 Å². The summed E-state index contributed by atoms with van der Waals surface area (Å²) < 4.78 is 1.79. The molecule has 0 aliphatic carbocycles. The van der Waals surface area contributed by atoms with E-state index in [0.29, 0.717) is 24.0 Å². The summed E-state index contributed by atoms with van der Waals surface area (Å²) in [5.41, 5.74) is 8.26. The summed E-state index contributed by atoms with van der Waals surface area (Å²) in [7, 11) is 0. The van der Waals surface area contributed by atoms with Crippen LogP contribution in [0.2, 0.25) is 0 Å². The number of halogens is 1. The van der Waals surface area contributed by atoms with Gasteiger partial charge in [0.05, 0.1) is 0 Å². The van der Waals surface area contributed by atoms with Gasteiger partial charge in [-0.15, -0.1) is 12.4 Å². The fourth-order valence-electron chi connectivity index (χ4n) is 2.23. The Morgan fingerprint density at radius 2 is 2.19 bits per heavy atom. The Morgan fingerprint density at radius 3 is 2.81 bits per heavy atom. The molecule has 5 nitrogen and oxygen atoms in total. The zero-order chi connectivity index (χ0) is 14.7. The van der Waals surface area contributed by atoms with Crippen LogP contribution in [0.15, 0.2) is 18.3 Å². The predicted molar refractivity (Wildman–Crippen MR) is 88.0 cm³/mol. The van der Waals surface area contributed by atoms with E-state index in [1.807, 2.05) is 25.3 Å². The fourth-order valence-corrected chi connectivity index (χ4v) is 2.23. The smallest absolute Gasteiger partial charge is 0.273 e. The molecule has 0 unspecified atom stereocenters. The zero-order valence-electron chi connectivity index (χ0n) is 12.7. The summed E-state index contributed by atoms with van der Waals surface area (Å²) in [5.74, 6) is 0.722. The van der Waals surface area contributed by atoms with Gasteiger partial charge in [0, 0.05) is 12.7 Å². The summed E-state index contributed by atoms with van der Waals surface area (Å²) in [6, 6.07) is 3.98. The second-order valence-corrected chi connectivity index (χ2v) is 5.43. The maximum atomic E-state index is 12.1. The van der Waals surface area contributed by atoms with Gasteiger partial charge in [-0.05, 0) is 30.4 Å². The topological polar surface area (TPSA) is 72.4 Å². The van der Waals surface area contributed by atoms with E-state index >= 15 is 0 Å². The van der Waals surface area contributed by atoms with Crippen molar-refractivity contribution in [2.24, 2.45) is 5.92 Å². The normalized spacial score (nSPS) is 10.7. The Kier molecular flexibility index (Phi) is 6.03. The van der Waals surface area contributed by atoms with E-state index in [9.17, 15) is 4.79 Å². The molecule has 1 amide bonds. The van der Waals surface area contributed by atoms with Crippen molar-refractivity contribution in [3.63, 3.8) is 0 Å². The van der Waals surface area contributed by atoms with Gasteiger partial charge in [0.1, 0.15) is 11.5 Å². The number of rotatable bonds is 5. The highest BCUT2D eigenvalue weighted by Crippen LogP contribution is 2.20. The number of pyridine rings is 1. The number of carbonyl (C=O) groups is 1. The highest BCUT2D eigenvalue weighted by molar-refractivity contribution is 5.97. The molecule has 2 heterocycles. The quantitative estimate of drug-likeness (QED) is 0.891. The number of aromatic nitrogens is 2. The Morgan fingerprint density at radius 1 is 1.48 bits per heavy atom. The van der Waals surface area contributed by atoms with Crippen LogP contribution in [0.5, 0.6) is 0 Å². The molecule has 0 aromatic carbocycles. The second-order valence-electron chi connectivity index (χ2n) is 5.43. The number of carbonyl (C=O) groups excluding carboxylic acids is 1. The molecule has 0 saturated heterocycles. The molecule has 2 aromatic rings. The third-order valence-corrected chi connectivity index (χ3v) is 3.15. The molecule has 116 valence electrons. The van der Waals surface area contributed by atoms with Crippen molar-refractivity contribution in [2.45, 2.75) is 33.6 Å². The van der Waals surface area contributed by atoms with Crippen molar-refractivity contribution in [1.29, 1.82) is 0 Å². The summed E-state index contributed by atoms with van der Waals surface area (Å²) in [6.07, 6.45) is 3.65. The SMILES string of the molecule is CCCNC(=O)c1nc2c(CC(C)C)cccn2c1N.Cl. The second kappa shape index (κ2) is 7.31. The highest BCUT2D eigenvalue weighted by atomic mass is 35.5. The molecular formula is C15H23ClN4O. The van der Waals surface area contributed by atoms with Gasteiger partial charge in [-0.25, -0.2) is 4.98 Å². The minimum atomic E-state index is -0.205. The third-order valence-electron chi connectivity index (χ3n) is 3.15. The standard InChI is InChI=1S/C15H22N4O.ClH/c1-4-7-17-15(20)12-13(16)19-8-5-6-11(9-10(2)3)14(19)18-12;/h5-6,8,10H,4,7,9,16H2,1-3H3,(H,17,20);1H. The zero-order valence-corrected chi connectivity index (χ0v) is 13.5. The number of hydrogen-bond acceptors (Lipinski definition) is 3. The molecule has 0 bridgehead atoms. The maximum absolute atomic E-state index is 12.1. The number of anilines is 1. The summed E-state index contributed by atoms with van der Waals surface area (Å²) in [5, 5.41) is 2.82. The van der Waals surface area contributed by atoms with E-state index in [1.165, 1.54) is 0 Å². The van der Waals surface area contributed by atoms with Gasteiger partial charge in [0.2, 0.25) is 0 Å². The molecule has 0 saturated carbocycles. The van der Waals surface area contributed by atoms with E-state index in [1.54, 1.807) is 4.40 Å². The van der Waals surface area contributed by atoms with Crippen LogP contribution in [-0.2, 0) is 6.42 Å². The predicted octanol–water partition coefficient (Wildman–Crippen LogP) is 2.68. The lowest BCUT2D eigenvalue weighted by Gasteiger charge is -2.06. The van der Waals surface area contributed by atoms with Crippen LogP contribution < -0.4 is 11.1 Å². The van der Waals surface area contributed by atoms with Crippen molar-refractivity contribution in [3.05, 3.63) is 29.6 Å². The molecule has 2 rings (SSSR count). The highest BCUT2D eigenvalue weighted by Gasteiger charge is 2.18. The molecule has 0 atom stereocenters. The molecule has 0 spiro atoms. The van der Waals surface area contributed by atoms with Crippen LogP contribution in [0.4, 0.5) is 5.82 Å². The first-order chi connectivity index (χ1) is 9.54. The Bertz CT molecular complexity index is 621. The summed E-state index contributed by atoms with van der Waals surface area (Å²) in [4.78, 5) is 16.5. The Hall–Kier alpha value is -1.75. The average molecular weight is 311 g/mol. The van der Waals surface area contributed by atoms with Gasteiger partial charge in [-0.1, -0.05) is 26.8 Å². The van der Waals surface area contributed by atoms with Crippen molar-refractivity contribution in [2.75, 3.05) is 12.3 Å². The molecule has 21 heavy (non-hydrogen) atoms. The van der Waals surface area contributed by atoms with Crippen LogP contribution in [-0.4, -0.2) is 21.8 Å². The largest absolute Gasteiger partial charge is 0.383 e. The lowest BCUT2D eigenvalue weighted by molar-refractivity contribution is 0.0950. The first-order valence-corrected chi connectivity index (χ1v) is 7.08. The lowest BCUT2D eigenvalue weighted by Crippen LogP contribution is -2.25. The molecule has 0 aliphatic heterocycles. The molecule has 2 aromatic heterocycles. The van der Waals surface area contributed by atoms with Gasteiger partial charge in [0.15, 0.2) is 5.69 Å². The first kappa shape index (κ1) is 17.3. The third kappa shape index (κ3) is 3.67. The number of amides is 1. The molecule has 0 fully saturated rings. The van der Waals surface area contributed by atoms with E-state index in [4.69, 9.17) is 5.73 Å². The van der Waals surface area contributed by atoms with Crippen LogP contribution in [0.1, 0.15) is 43.2 Å². The van der Waals surface area contributed by atoms with Gasteiger partial charge in [-0.2, -0.15) is 0 Å². The van der Waals surface area contributed by atoms with Crippen LogP contribution in [0.25, 0.3) is 5.65 Å². The fraction of sp³-hybridized carbons (Fsp3) is 0.467. The van der Waals surface area contributed by atoms with E-state index in [0.717, 1.165) is 24.1 Å². The van der Waals surface area contributed by atoms with Crippen molar-refractivity contribution in [3.8, 4) is 0 Å². The minimum absolute atomic E-state index is 0.